The van der Waals surface area contributed by atoms with Crippen molar-refractivity contribution in [2.24, 2.45) is 0 Å². The number of rotatable bonds is 3. The SMILES string of the molecule is CCOc1ccc2[nH]c(-c3ccc(O)cc3F)nc2n1. The maximum Gasteiger partial charge on any atom is 0.215 e. The highest BCUT2D eigenvalue weighted by atomic mass is 19.1. The quantitative estimate of drug-likeness (QED) is 0.769. The van der Waals surface area contributed by atoms with E-state index >= 15 is 0 Å². The fourth-order valence-corrected chi connectivity index (χ4v) is 1.93. The molecule has 3 aromatic rings. The Hall–Kier alpha value is -2.63. The predicted octanol–water partition coefficient (Wildman–Crippen LogP) is 2.87. The van der Waals surface area contributed by atoms with E-state index in [1.165, 1.54) is 12.1 Å². The molecule has 0 radical (unpaired) electrons. The van der Waals surface area contributed by atoms with E-state index in [2.05, 4.69) is 15.0 Å². The van der Waals surface area contributed by atoms with Gasteiger partial charge in [-0.25, -0.2) is 9.37 Å². The summed E-state index contributed by atoms with van der Waals surface area (Å²) in [7, 11) is 0. The van der Waals surface area contributed by atoms with Gasteiger partial charge in [-0.05, 0) is 25.1 Å². The van der Waals surface area contributed by atoms with Crippen LogP contribution in [0.2, 0.25) is 0 Å². The second-order valence-electron chi connectivity index (χ2n) is 4.20. The zero-order valence-electron chi connectivity index (χ0n) is 10.7. The van der Waals surface area contributed by atoms with Crippen LogP contribution in [-0.4, -0.2) is 26.7 Å². The maximum atomic E-state index is 13.8. The number of aromatic amines is 1. The lowest BCUT2D eigenvalue weighted by atomic mass is 10.2. The number of aromatic hydroxyl groups is 1. The third-order valence-electron chi connectivity index (χ3n) is 2.82. The van der Waals surface area contributed by atoms with Gasteiger partial charge in [-0.2, -0.15) is 4.98 Å². The first-order valence-corrected chi connectivity index (χ1v) is 6.16. The molecule has 0 aliphatic carbocycles. The summed E-state index contributed by atoms with van der Waals surface area (Å²) in [6.07, 6.45) is 0. The van der Waals surface area contributed by atoms with Gasteiger partial charge in [-0.1, -0.05) is 0 Å². The smallest absolute Gasteiger partial charge is 0.215 e. The van der Waals surface area contributed by atoms with Crippen molar-refractivity contribution in [3.8, 4) is 23.0 Å². The van der Waals surface area contributed by atoms with Crippen molar-refractivity contribution in [2.45, 2.75) is 6.92 Å². The van der Waals surface area contributed by atoms with Gasteiger partial charge >= 0.3 is 0 Å². The van der Waals surface area contributed by atoms with Crippen LogP contribution in [0.15, 0.2) is 30.3 Å². The van der Waals surface area contributed by atoms with Gasteiger partial charge in [0.25, 0.3) is 0 Å². The van der Waals surface area contributed by atoms with Crippen LogP contribution in [0.4, 0.5) is 4.39 Å². The lowest BCUT2D eigenvalue weighted by Gasteiger charge is -1.99. The Balaban J connectivity index is 2.08. The largest absolute Gasteiger partial charge is 0.508 e. The van der Waals surface area contributed by atoms with Crippen molar-refractivity contribution < 1.29 is 14.2 Å². The van der Waals surface area contributed by atoms with Gasteiger partial charge in [0.2, 0.25) is 5.88 Å². The van der Waals surface area contributed by atoms with Crippen molar-refractivity contribution in [3.63, 3.8) is 0 Å². The number of pyridine rings is 1. The molecule has 5 nitrogen and oxygen atoms in total. The van der Waals surface area contributed by atoms with Crippen LogP contribution in [0.3, 0.4) is 0 Å². The average molecular weight is 273 g/mol. The number of ether oxygens (including phenoxy) is 1. The minimum absolute atomic E-state index is 0.126. The Morgan fingerprint density at radius 1 is 1.25 bits per heavy atom. The number of halogens is 1. The summed E-state index contributed by atoms with van der Waals surface area (Å²) in [5.41, 5.74) is 1.42. The Labute approximate surface area is 114 Å². The van der Waals surface area contributed by atoms with Crippen LogP contribution in [-0.2, 0) is 0 Å². The van der Waals surface area contributed by atoms with Crippen molar-refractivity contribution in [1.29, 1.82) is 0 Å². The van der Waals surface area contributed by atoms with Crippen molar-refractivity contribution in [3.05, 3.63) is 36.1 Å². The van der Waals surface area contributed by atoms with Gasteiger partial charge in [0.1, 0.15) is 17.4 Å². The molecule has 2 heterocycles. The first-order valence-electron chi connectivity index (χ1n) is 6.16. The number of phenols is 1. The monoisotopic (exact) mass is 273 g/mol. The van der Waals surface area contributed by atoms with E-state index in [1.54, 1.807) is 12.1 Å². The molecule has 20 heavy (non-hydrogen) atoms. The number of nitrogens with one attached hydrogen (secondary N) is 1. The van der Waals surface area contributed by atoms with E-state index in [-0.39, 0.29) is 11.3 Å². The van der Waals surface area contributed by atoms with Crippen LogP contribution >= 0.6 is 0 Å². The van der Waals surface area contributed by atoms with Gasteiger partial charge in [0.05, 0.1) is 17.7 Å². The standard InChI is InChI=1S/C14H12FN3O2/c1-2-20-12-6-5-11-14(17-12)18-13(16-11)9-4-3-8(19)7-10(9)15/h3-7,19H,2H2,1H3,(H,16,17,18). The molecule has 0 bridgehead atoms. The summed E-state index contributed by atoms with van der Waals surface area (Å²) < 4.78 is 19.1. The summed E-state index contributed by atoms with van der Waals surface area (Å²) >= 11 is 0. The fraction of sp³-hybridized carbons (Fsp3) is 0.143. The van der Waals surface area contributed by atoms with Crippen LogP contribution < -0.4 is 4.74 Å². The molecule has 1 aromatic carbocycles. The number of fused-ring (bicyclic) bond motifs is 1. The van der Waals surface area contributed by atoms with Gasteiger partial charge in [-0.3, -0.25) is 0 Å². The molecule has 0 unspecified atom stereocenters. The maximum absolute atomic E-state index is 13.8. The lowest BCUT2D eigenvalue weighted by molar-refractivity contribution is 0.328. The lowest BCUT2D eigenvalue weighted by Crippen LogP contribution is -1.93. The van der Waals surface area contributed by atoms with Crippen LogP contribution in [0.5, 0.6) is 11.6 Å². The van der Waals surface area contributed by atoms with E-state index < -0.39 is 5.82 Å². The number of H-pyrrole nitrogens is 1. The normalized spacial score (nSPS) is 10.9. The molecule has 102 valence electrons. The molecular weight excluding hydrogens is 261 g/mol. The molecule has 2 aromatic heterocycles. The number of phenolic OH excluding ortho intramolecular Hbond substituents is 1. The summed E-state index contributed by atoms with van der Waals surface area (Å²) in [5, 5.41) is 9.22. The Morgan fingerprint density at radius 2 is 2.10 bits per heavy atom. The second-order valence-corrected chi connectivity index (χ2v) is 4.20. The average Bonchev–Trinajstić information content (AvgIpc) is 2.81. The molecule has 0 aliphatic heterocycles. The number of nitrogens with zero attached hydrogens (tertiary/aromatic N) is 2. The van der Waals surface area contributed by atoms with Crippen molar-refractivity contribution in [2.75, 3.05) is 6.61 Å². The van der Waals surface area contributed by atoms with Gasteiger partial charge < -0.3 is 14.8 Å². The molecule has 0 saturated carbocycles. The summed E-state index contributed by atoms with van der Waals surface area (Å²) in [5.74, 6) is 0.163. The summed E-state index contributed by atoms with van der Waals surface area (Å²) in [4.78, 5) is 11.5. The van der Waals surface area contributed by atoms with E-state index in [9.17, 15) is 9.50 Å². The Morgan fingerprint density at radius 3 is 2.85 bits per heavy atom. The zero-order valence-corrected chi connectivity index (χ0v) is 10.7. The van der Waals surface area contributed by atoms with Crippen LogP contribution in [0, 0.1) is 5.82 Å². The van der Waals surface area contributed by atoms with Crippen molar-refractivity contribution >= 4 is 11.2 Å². The van der Waals surface area contributed by atoms with Crippen LogP contribution in [0.1, 0.15) is 6.92 Å². The summed E-state index contributed by atoms with van der Waals surface area (Å²) in [6, 6.07) is 7.42. The Bertz CT molecular complexity index is 770. The Kier molecular flexibility index (Phi) is 2.98. The third kappa shape index (κ3) is 2.16. The molecule has 0 fully saturated rings. The van der Waals surface area contributed by atoms with E-state index in [0.29, 0.717) is 29.5 Å². The molecule has 3 rings (SSSR count). The molecule has 0 spiro atoms. The molecule has 6 heteroatoms. The number of aromatic nitrogens is 3. The molecule has 0 aliphatic rings. The molecule has 0 saturated heterocycles. The zero-order chi connectivity index (χ0) is 14.1. The molecule has 2 N–H and O–H groups in total. The van der Waals surface area contributed by atoms with Gasteiger partial charge in [-0.15, -0.1) is 0 Å². The molecule has 0 amide bonds. The van der Waals surface area contributed by atoms with E-state index in [1.807, 2.05) is 6.92 Å². The number of hydrogen-bond acceptors (Lipinski definition) is 4. The third-order valence-corrected chi connectivity index (χ3v) is 2.82. The highest BCUT2D eigenvalue weighted by Crippen LogP contribution is 2.25. The minimum atomic E-state index is -0.547. The number of imidazole rings is 1. The first kappa shape index (κ1) is 12.4. The number of hydrogen-bond donors (Lipinski definition) is 2. The molecular formula is C14H12FN3O2. The van der Waals surface area contributed by atoms with Crippen LogP contribution in [0.25, 0.3) is 22.6 Å². The molecule has 0 atom stereocenters. The topological polar surface area (TPSA) is 71.0 Å². The van der Waals surface area contributed by atoms with E-state index in [4.69, 9.17) is 4.74 Å². The second kappa shape index (κ2) is 4.80. The van der Waals surface area contributed by atoms with Gasteiger partial charge in [0, 0.05) is 12.1 Å². The highest BCUT2D eigenvalue weighted by Gasteiger charge is 2.12. The predicted molar refractivity (Wildman–Crippen MR) is 72.1 cm³/mol. The van der Waals surface area contributed by atoms with Gasteiger partial charge in [0.15, 0.2) is 5.65 Å². The van der Waals surface area contributed by atoms with Crippen molar-refractivity contribution in [1.82, 2.24) is 15.0 Å². The first-order chi connectivity index (χ1) is 9.67. The fourth-order valence-electron chi connectivity index (χ4n) is 1.93. The number of benzene rings is 1. The summed E-state index contributed by atoms with van der Waals surface area (Å²) in [6.45, 7) is 2.38. The van der Waals surface area contributed by atoms with E-state index in [0.717, 1.165) is 6.07 Å². The minimum Gasteiger partial charge on any atom is -0.508 e. The highest BCUT2D eigenvalue weighted by molar-refractivity contribution is 5.76.